The summed E-state index contributed by atoms with van der Waals surface area (Å²) in [7, 11) is 0. The zero-order valence-corrected chi connectivity index (χ0v) is 11.5. The summed E-state index contributed by atoms with van der Waals surface area (Å²) < 4.78 is 0. The molecule has 100 valence electrons. The molecule has 0 bridgehead atoms. The molecule has 0 atom stereocenters. The van der Waals surface area contributed by atoms with E-state index in [9.17, 15) is 5.11 Å². The van der Waals surface area contributed by atoms with Crippen LogP contribution in [0.15, 0.2) is 18.2 Å². The number of aliphatic hydroxyl groups excluding tert-OH is 1. The van der Waals surface area contributed by atoms with Crippen molar-refractivity contribution < 1.29 is 10.2 Å². The zero-order valence-electron chi connectivity index (χ0n) is 10.7. The standard InChI is InChI=1S/C14H20ClNO2/c1-11-12(15)3-2-4-13(11)16-8-5-14(18,6-9-16)7-10-17/h2-4,17-18H,5-10H2,1H3. The molecule has 0 aromatic heterocycles. The maximum absolute atomic E-state index is 10.2. The Morgan fingerprint density at radius 1 is 1.33 bits per heavy atom. The molecule has 18 heavy (non-hydrogen) atoms. The molecule has 0 amide bonds. The molecule has 3 nitrogen and oxygen atoms in total. The minimum atomic E-state index is -0.697. The third-order valence-corrected chi connectivity index (χ3v) is 4.26. The lowest BCUT2D eigenvalue weighted by atomic mass is 9.88. The molecule has 4 heteroatoms. The molecule has 2 rings (SSSR count). The summed E-state index contributed by atoms with van der Waals surface area (Å²) >= 11 is 6.13. The van der Waals surface area contributed by atoms with Crippen LogP contribution in [0.5, 0.6) is 0 Å². The lowest BCUT2D eigenvalue weighted by molar-refractivity contribution is -0.00535. The van der Waals surface area contributed by atoms with Crippen molar-refractivity contribution in [3.05, 3.63) is 28.8 Å². The number of benzene rings is 1. The molecule has 0 unspecified atom stereocenters. The summed E-state index contributed by atoms with van der Waals surface area (Å²) in [5.41, 5.74) is 1.54. The number of aliphatic hydroxyl groups is 2. The van der Waals surface area contributed by atoms with Gasteiger partial charge in [0.15, 0.2) is 0 Å². The molecule has 1 aliphatic rings. The Kier molecular flexibility index (Phi) is 4.15. The van der Waals surface area contributed by atoms with Crippen LogP contribution < -0.4 is 4.90 Å². The van der Waals surface area contributed by atoms with Crippen LogP contribution in [0.25, 0.3) is 0 Å². The van der Waals surface area contributed by atoms with Gasteiger partial charge in [-0.1, -0.05) is 17.7 Å². The number of halogens is 1. The van der Waals surface area contributed by atoms with Gasteiger partial charge in [0.1, 0.15) is 0 Å². The highest BCUT2D eigenvalue weighted by Crippen LogP contribution is 2.32. The molecular weight excluding hydrogens is 250 g/mol. The molecule has 1 saturated heterocycles. The molecule has 1 heterocycles. The van der Waals surface area contributed by atoms with Gasteiger partial charge in [-0.25, -0.2) is 0 Å². The van der Waals surface area contributed by atoms with Crippen molar-refractivity contribution >= 4 is 17.3 Å². The molecule has 1 aliphatic heterocycles. The topological polar surface area (TPSA) is 43.7 Å². The van der Waals surface area contributed by atoms with Crippen molar-refractivity contribution in [2.45, 2.75) is 31.8 Å². The quantitative estimate of drug-likeness (QED) is 0.885. The summed E-state index contributed by atoms with van der Waals surface area (Å²) in [5, 5.41) is 20.0. The van der Waals surface area contributed by atoms with Crippen LogP contribution in [0, 0.1) is 6.92 Å². The van der Waals surface area contributed by atoms with Crippen LogP contribution in [0.1, 0.15) is 24.8 Å². The van der Waals surface area contributed by atoms with E-state index in [4.69, 9.17) is 16.7 Å². The summed E-state index contributed by atoms with van der Waals surface area (Å²) in [4.78, 5) is 2.26. The van der Waals surface area contributed by atoms with Crippen LogP contribution in [-0.4, -0.2) is 35.5 Å². The Labute approximate surface area is 113 Å². The van der Waals surface area contributed by atoms with E-state index in [0.717, 1.165) is 29.4 Å². The van der Waals surface area contributed by atoms with E-state index in [1.807, 2.05) is 19.1 Å². The minimum Gasteiger partial charge on any atom is -0.396 e. The Morgan fingerprint density at radius 3 is 2.61 bits per heavy atom. The second-order valence-electron chi connectivity index (χ2n) is 5.07. The summed E-state index contributed by atoms with van der Waals surface area (Å²) in [5.74, 6) is 0. The number of nitrogens with zero attached hydrogens (tertiary/aromatic N) is 1. The van der Waals surface area contributed by atoms with Crippen molar-refractivity contribution in [1.29, 1.82) is 0 Å². The van der Waals surface area contributed by atoms with Crippen molar-refractivity contribution in [3.63, 3.8) is 0 Å². The van der Waals surface area contributed by atoms with Crippen molar-refractivity contribution in [2.24, 2.45) is 0 Å². The lowest BCUT2D eigenvalue weighted by Gasteiger charge is -2.39. The molecule has 0 aliphatic carbocycles. The van der Waals surface area contributed by atoms with Crippen molar-refractivity contribution in [2.75, 3.05) is 24.6 Å². The first-order chi connectivity index (χ1) is 8.56. The van der Waals surface area contributed by atoms with E-state index >= 15 is 0 Å². The van der Waals surface area contributed by atoms with Gasteiger partial charge in [0.2, 0.25) is 0 Å². The fourth-order valence-corrected chi connectivity index (χ4v) is 2.73. The van der Waals surface area contributed by atoms with Crippen molar-refractivity contribution in [3.8, 4) is 0 Å². The van der Waals surface area contributed by atoms with Gasteiger partial charge in [-0.2, -0.15) is 0 Å². The SMILES string of the molecule is Cc1c(Cl)cccc1N1CCC(O)(CCO)CC1. The molecule has 1 aromatic rings. The van der Waals surface area contributed by atoms with Gasteiger partial charge < -0.3 is 15.1 Å². The van der Waals surface area contributed by atoms with Gasteiger partial charge in [0.25, 0.3) is 0 Å². The van der Waals surface area contributed by atoms with Crippen LogP contribution in [0.3, 0.4) is 0 Å². The van der Waals surface area contributed by atoms with Crippen molar-refractivity contribution in [1.82, 2.24) is 0 Å². The monoisotopic (exact) mass is 269 g/mol. The summed E-state index contributed by atoms with van der Waals surface area (Å²) in [6.45, 7) is 3.67. The third-order valence-electron chi connectivity index (χ3n) is 3.85. The van der Waals surface area contributed by atoms with Crippen LogP contribution in [0.2, 0.25) is 5.02 Å². The molecule has 0 spiro atoms. The second kappa shape index (κ2) is 5.47. The van der Waals surface area contributed by atoms with Gasteiger partial charge in [0.05, 0.1) is 5.60 Å². The van der Waals surface area contributed by atoms with Gasteiger partial charge in [0, 0.05) is 30.4 Å². The van der Waals surface area contributed by atoms with E-state index in [2.05, 4.69) is 11.0 Å². The van der Waals surface area contributed by atoms with E-state index in [1.54, 1.807) is 0 Å². The van der Waals surface area contributed by atoms with E-state index < -0.39 is 5.60 Å². The Morgan fingerprint density at radius 2 is 2.00 bits per heavy atom. The van der Waals surface area contributed by atoms with E-state index in [-0.39, 0.29) is 6.61 Å². The maximum atomic E-state index is 10.2. The fraction of sp³-hybridized carbons (Fsp3) is 0.571. The molecular formula is C14H20ClNO2. The number of hydrogen-bond donors (Lipinski definition) is 2. The first-order valence-electron chi connectivity index (χ1n) is 6.39. The average Bonchev–Trinajstić information content (AvgIpc) is 2.34. The molecule has 1 fully saturated rings. The molecule has 2 N–H and O–H groups in total. The van der Waals surface area contributed by atoms with Gasteiger partial charge in [-0.15, -0.1) is 0 Å². The molecule has 0 radical (unpaired) electrons. The zero-order chi connectivity index (χ0) is 13.2. The highest BCUT2D eigenvalue weighted by Gasteiger charge is 2.32. The smallest absolute Gasteiger partial charge is 0.0703 e. The first-order valence-corrected chi connectivity index (χ1v) is 6.77. The van der Waals surface area contributed by atoms with Crippen LogP contribution in [0.4, 0.5) is 5.69 Å². The van der Waals surface area contributed by atoms with Gasteiger partial charge >= 0.3 is 0 Å². The van der Waals surface area contributed by atoms with Gasteiger partial charge in [-0.05, 0) is 43.9 Å². The van der Waals surface area contributed by atoms with E-state index in [0.29, 0.717) is 19.3 Å². The fourth-order valence-electron chi connectivity index (χ4n) is 2.56. The normalized spacial score (nSPS) is 19.0. The predicted octanol–water partition coefficient (Wildman–Crippen LogP) is 2.36. The molecule has 1 aromatic carbocycles. The maximum Gasteiger partial charge on any atom is 0.0703 e. The van der Waals surface area contributed by atoms with E-state index in [1.165, 1.54) is 0 Å². The number of anilines is 1. The Hall–Kier alpha value is -0.770. The number of hydrogen-bond acceptors (Lipinski definition) is 3. The molecule has 0 saturated carbocycles. The Balaban J connectivity index is 2.08. The van der Waals surface area contributed by atoms with Crippen LogP contribution >= 0.6 is 11.6 Å². The average molecular weight is 270 g/mol. The highest BCUT2D eigenvalue weighted by atomic mass is 35.5. The third kappa shape index (κ3) is 2.79. The largest absolute Gasteiger partial charge is 0.396 e. The number of piperidine rings is 1. The highest BCUT2D eigenvalue weighted by molar-refractivity contribution is 6.31. The second-order valence-corrected chi connectivity index (χ2v) is 5.48. The minimum absolute atomic E-state index is 0.0483. The predicted molar refractivity (Wildman–Crippen MR) is 74.3 cm³/mol. The first kappa shape index (κ1) is 13.7. The lowest BCUT2D eigenvalue weighted by Crippen LogP contribution is -2.45. The number of rotatable bonds is 3. The van der Waals surface area contributed by atoms with Gasteiger partial charge in [-0.3, -0.25) is 0 Å². The Bertz CT molecular complexity index is 414. The summed E-state index contributed by atoms with van der Waals surface area (Å²) in [6, 6.07) is 5.92. The summed E-state index contributed by atoms with van der Waals surface area (Å²) in [6.07, 6.45) is 1.86. The van der Waals surface area contributed by atoms with Crippen LogP contribution in [-0.2, 0) is 0 Å².